The van der Waals surface area contributed by atoms with Gasteiger partial charge in [0.1, 0.15) is 11.9 Å². The lowest BCUT2D eigenvalue weighted by molar-refractivity contribution is -0.127. The van der Waals surface area contributed by atoms with E-state index >= 15 is 0 Å². The zero-order chi connectivity index (χ0) is 22.4. The summed E-state index contributed by atoms with van der Waals surface area (Å²) >= 11 is 1.03. The van der Waals surface area contributed by atoms with E-state index in [1.807, 2.05) is 20.8 Å². The van der Waals surface area contributed by atoms with Crippen LogP contribution in [0, 0.1) is 5.82 Å². The first-order valence-electron chi connectivity index (χ1n) is 9.86. The highest BCUT2D eigenvalue weighted by molar-refractivity contribution is 7.03. The van der Waals surface area contributed by atoms with Crippen molar-refractivity contribution in [3.8, 4) is 0 Å². The quantitative estimate of drug-likeness (QED) is 0.575. The van der Waals surface area contributed by atoms with Crippen LogP contribution in [0.15, 0.2) is 54.2 Å². The van der Waals surface area contributed by atoms with Crippen LogP contribution in [0.3, 0.4) is 0 Å². The summed E-state index contributed by atoms with van der Waals surface area (Å²) in [6.45, 7) is 5.74. The summed E-state index contributed by atoms with van der Waals surface area (Å²) in [5.74, 6) is -1.56. The number of benzene rings is 1. The molecular formula is C22H24FN5O2S. The van der Waals surface area contributed by atoms with Crippen LogP contribution in [0.1, 0.15) is 54.8 Å². The van der Waals surface area contributed by atoms with Crippen LogP contribution >= 0.6 is 11.5 Å². The maximum absolute atomic E-state index is 14.9. The van der Waals surface area contributed by atoms with Gasteiger partial charge < -0.3 is 10.2 Å². The zero-order valence-corrected chi connectivity index (χ0v) is 18.4. The van der Waals surface area contributed by atoms with Crippen molar-refractivity contribution in [3.63, 3.8) is 0 Å². The SMILES string of the molecule is CCC(C)(C)NC(=O)C(c1ccccc1F)N(Cc1cccnc1)C(=O)c1csnn1. The molecular weight excluding hydrogens is 417 g/mol. The Morgan fingerprint density at radius 3 is 2.61 bits per heavy atom. The summed E-state index contributed by atoms with van der Waals surface area (Å²) in [4.78, 5) is 32.2. The topological polar surface area (TPSA) is 88.1 Å². The number of hydrogen-bond acceptors (Lipinski definition) is 6. The Balaban J connectivity index is 2.10. The lowest BCUT2D eigenvalue weighted by atomic mass is 9.98. The highest BCUT2D eigenvalue weighted by Gasteiger charge is 2.36. The summed E-state index contributed by atoms with van der Waals surface area (Å²) in [5.41, 5.74) is 0.360. The summed E-state index contributed by atoms with van der Waals surface area (Å²) in [6, 6.07) is 8.29. The predicted molar refractivity (Wildman–Crippen MR) is 116 cm³/mol. The number of halogens is 1. The second-order valence-electron chi connectivity index (χ2n) is 7.74. The lowest BCUT2D eigenvalue weighted by Crippen LogP contribution is -2.50. The van der Waals surface area contributed by atoms with Gasteiger partial charge in [0.15, 0.2) is 5.69 Å². The van der Waals surface area contributed by atoms with Gasteiger partial charge in [0.25, 0.3) is 5.91 Å². The second-order valence-corrected chi connectivity index (χ2v) is 8.35. The second kappa shape index (κ2) is 9.74. The third-order valence-corrected chi connectivity index (χ3v) is 5.53. The number of rotatable bonds is 8. The van der Waals surface area contributed by atoms with Crippen LogP contribution < -0.4 is 5.32 Å². The molecule has 2 aromatic heterocycles. The molecule has 0 radical (unpaired) electrons. The van der Waals surface area contributed by atoms with Gasteiger partial charge in [0.2, 0.25) is 5.91 Å². The molecule has 31 heavy (non-hydrogen) atoms. The van der Waals surface area contributed by atoms with E-state index in [9.17, 15) is 14.0 Å². The molecule has 7 nitrogen and oxygen atoms in total. The Kier molecular flexibility index (Phi) is 7.06. The molecule has 1 aromatic carbocycles. The van der Waals surface area contributed by atoms with Gasteiger partial charge in [-0.3, -0.25) is 14.6 Å². The van der Waals surface area contributed by atoms with E-state index < -0.39 is 29.2 Å². The van der Waals surface area contributed by atoms with E-state index in [0.717, 1.165) is 11.5 Å². The molecule has 0 spiro atoms. The Hall–Kier alpha value is -3.20. The minimum Gasteiger partial charge on any atom is -0.349 e. The maximum atomic E-state index is 14.9. The Morgan fingerprint density at radius 2 is 2.00 bits per heavy atom. The Labute approximate surface area is 184 Å². The van der Waals surface area contributed by atoms with Crippen molar-refractivity contribution in [2.45, 2.75) is 45.3 Å². The first kappa shape index (κ1) is 22.5. The van der Waals surface area contributed by atoms with E-state index in [2.05, 4.69) is 19.9 Å². The van der Waals surface area contributed by atoms with Crippen LogP contribution in [0.5, 0.6) is 0 Å². The normalized spacial score (nSPS) is 12.3. The van der Waals surface area contributed by atoms with Crippen molar-refractivity contribution in [1.29, 1.82) is 0 Å². The van der Waals surface area contributed by atoms with Gasteiger partial charge in [0.05, 0.1) is 0 Å². The van der Waals surface area contributed by atoms with E-state index in [0.29, 0.717) is 12.0 Å². The monoisotopic (exact) mass is 441 g/mol. The molecule has 0 saturated carbocycles. The molecule has 2 heterocycles. The van der Waals surface area contributed by atoms with Gasteiger partial charge in [-0.25, -0.2) is 4.39 Å². The van der Waals surface area contributed by atoms with Crippen LogP contribution in [0.25, 0.3) is 0 Å². The summed E-state index contributed by atoms with van der Waals surface area (Å²) in [5, 5.41) is 8.32. The third-order valence-electron chi connectivity index (χ3n) is 5.02. The number of amides is 2. The molecule has 0 saturated heterocycles. The number of carbonyl (C=O) groups excluding carboxylic acids is 2. The molecule has 0 aliphatic rings. The third kappa shape index (κ3) is 5.49. The van der Waals surface area contributed by atoms with Crippen molar-refractivity contribution in [3.05, 3.63) is 76.8 Å². The molecule has 3 aromatic rings. The highest BCUT2D eigenvalue weighted by Crippen LogP contribution is 2.28. The Bertz CT molecular complexity index is 1030. The molecule has 162 valence electrons. The summed E-state index contributed by atoms with van der Waals surface area (Å²) < 4.78 is 18.6. The fourth-order valence-corrected chi connectivity index (χ4v) is 3.44. The first-order valence-corrected chi connectivity index (χ1v) is 10.7. The van der Waals surface area contributed by atoms with Crippen molar-refractivity contribution in [2.24, 2.45) is 0 Å². The molecule has 2 amide bonds. The van der Waals surface area contributed by atoms with Crippen molar-refractivity contribution < 1.29 is 14.0 Å². The first-order chi connectivity index (χ1) is 14.8. The van der Waals surface area contributed by atoms with Crippen molar-refractivity contribution in [1.82, 2.24) is 24.8 Å². The zero-order valence-electron chi connectivity index (χ0n) is 17.6. The van der Waals surface area contributed by atoms with Crippen LogP contribution in [0.2, 0.25) is 0 Å². The molecule has 0 aliphatic heterocycles. The van der Waals surface area contributed by atoms with Gasteiger partial charge >= 0.3 is 0 Å². The van der Waals surface area contributed by atoms with E-state index in [1.54, 1.807) is 36.7 Å². The lowest BCUT2D eigenvalue weighted by Gasteiger charge is -2.34. The number of pyridine rings is 1. The van der Waals surface area contributed by atoms with Crippen LogP contribution in [0.4, 0.5) is 4.39 Å². The molecule has 0 aliphatic carbocycles. The number of carbonyl (C=O) groups is 2. The number of nitrogens with one attached hydrogen (secondary N) is 1. The molecule has 1 atom stereocenters. The minimum absolute atomic E-state index is 0.0448. The summed E-state index contributed by atoms with van der Waals surface area (Å²) in [7, 11) is 0. The number of nitrogens with zero attached hydrogens (tertiary/aromatic N) is 4. The van der Waals surface area contributed by atoms with Gasteiger partial charge in [-0.15, -0.1) is 5.10 Å². The number of aromatic nitrogens is 3. The van der Waals surface area contributed by atoms with E-state index in [1.165, 1.54) is 22.4 Å². The van der Waals surface area contributed by atoms with Gasteiger partial charge in [0, 0.05) is 35.4 Å². The molecule has 3 rings (SSSR count). The maximum Gasteiger partial charge on any atom is 0.276 e. The molecule has 1 unspecified atom stereocenters. The van der Waals surface area contributed by atoms with Gasteiger partial charge in [-0.2, -0.15) is 0 Å². The fraction of sp³-hybridized carbons (Fsp3) is 0.318. The van der Waals surface area contributed by atoms with Crippen LogP contribution in [-0.2, 0) is 11.3 Å². The van der Waals surface area contributed by atoms with E-state index in [4.69, 9.17) is 0 Å². The van der Waals surface area contributed by atoms with Crippen molar-refractivity contribution >= 4 is 23.3 Å². The standard InChI is InChI=1S/C22H24FN5O2S/c1-4-22(2,3)25-20(29)19(16-9-5-6-10-17(16)23)28(13-15-8-7-11-24-12-15)21(30)18-14-31-27-26-18/h5-12,14,19H,4,13H2,1-3H3,(H,25,29). The number of hydrogen-bond donors (Lipinski definition) is 1. The predicted octanol–water partition coefficient (Wildman–Crippen LogP) is 3.76. The molecule has 9 heteroatoms. The molecule has 0 bridgehead atoms. The van der Waals surface area contributed by atoms with Crippen LogP contribution in [-0.4, -0.2) is 36.8 Å². The fourth-order valence-electron chi connectivity index (χ4n) is 3.01. The Morgan fingerprint density at radius 1 is 1.23 bits per heavy atom. The van der Waals surface area contributed by atoms with Gasteiger partial charge in [-0.05, 0) is 49.5 Å². The minimum atomic E-state index is -1.21. The van der Waals surface area contributed by atoms with E-state index in [-0.39, 0.29) is 17.8 Å². The van der Waals surface area contributed by atoms with Gasteiger partial charge in [-0.1, -0.05) is 35.7 Å². The average Bonchev–Trinajstić information content (AvgIpc) is 3.29. The molecule has 0 fully saturated rings. The average molecular weight is 442 g/mol. The largest absolute Gasteiger partial charge is 0.349 e. The van der Waals surface area contributed by atoms with Crippen molar-refractivity contribution in [2.75, 3.05) is 0 Å². The molecule has 1 N–H and O–H groups in total. The summed E-state index contributed by atoms with van der Waals surface area (Å²) in [6.07, 6.45) is 3.88. The highest BCUT2D eigenvalue weighted by atomic mass is 32.1. The smallest absolute Gasteiger partial charge is 0.276 e.